The van der Waals surface area contributed by atoms with Gasteiger partial charge in [0.2, 0.25) is 0 Å². The molecule has 1 aliphatic rings. The lowest BCUT2D eigenvalue weighted by Gasteiger charge is -2.20. The summed E-state index contributed by atoms with van der Waals surface area (Å²) in [7, 11) is 0. The molecule has 0 aliphatic carbocycles. The molecule has 2 N–H and O–H groups in total. The van der Waals surface area contributed by atoms with Gasteiger partial charge in [-0.15, -0.1) is 0 Å². The van der Waals surface area contributed by atoms with Crippen molar-refractivity contribution in [2.24, 2.45) is 5.41 Å². The predicted molar refractivity (Wildman–Crippen MR) is 112 cm³/mol. The predicted octanol–water partition coefficient (Wildman–Crippen LogP) is 4.25. The number of esters is 1. The Morgan fingerprint density at radius 1 is 1.07 bits per heavy atom. The van der Waals surface area contributed by atoms with E-state index in [0.717, 1.165) is 0 Å². The molecule has 1 saturated heterocycles. The average molecular weight is 417 g/mol. The van der Waals surface area contributed by atoms with Crippen molar-refractivity contribution in [2.45, 2.75) is 39.5 Å². The monoisotopic (exact) mass is 416 g/mol. The van der Waals surface area contributed by atoms with Crippen LogP contribution in [0.5, 0.6) is 5.75 Å². The molecule has 0 spiro atoms. The van der Waals surface area contributed by atoms with Gasteiger partial charge in [-0.05, 0) is 69.3 Å². The first-order valence-corrected chi connectivity index (χ1v) is 9.86. The molecule has 29 heavy (non-hydrogen) atoms. The van der Waals surface area contributed by atoms with Gasteiger partial charge in [-0.1, -0.05) is 11.6 Å². The summed E-state index contributed by atoms with van der Waals surface area (Å²) >= 11 is 5.84. The molecule has 2 aromatic rings. The van der Waals surface area contributed by atoms with Crippen LogP contribution in [-0.4, -0.2) is 30.8 Å². The topological polar surface area (TPSA) is 76.7 Å². The Labute approximate surface area is 175 Å². The molecule has 0 bridgehead atoms. The van der Waals surface area contributed by atoms with Gasteiger partial charge in [-0.25, -0.2) is 0 Å². The molecule has 7 heteroatoms. The molecule has 2 unspecified atom stereocenters. The maximum atomic E-state index is 12.2. The molecular weight excluding hydrogens is 392 g/mol. The van der Waals surface area contributed by atoms with Crippen LogP contribution in [-0.2, 0) is 9.53 Å². The minimum absolute atomic E-state index is 0.0951. The van der Waals surface area contributed by atoms with Crippen molar-refractivity contribution in [1.29, 1.82) is 0 Å². The van der Waals surface area contributed by atoms with Crippen LogP contribution in [0.4, 0.5) is 5.69 Å². The lowest BCUT2D eigenvalue weighted by Crippen LogP contribution is -2.33. The standard InChI is InChI=1S/C22H25ClN2O4/c1-22(2,3)21(27)29-19-12-18(13-24-19)28-17-10-8-16(9-11-17)25-20(26)14-4-6-15(23)7-5-14/h4-11,18-19,24H,12-13H2,1-3H3,(H,25,26). The molecule has 0 aromatic heterocycles. The molecule has 1 aliphatic heterocycles. The Balaban J connectivity index is 1.50. The maximum absolute atomic E-state index is 12.2. The van der Waals surface area contributed by atoms with Crippen molar-refractivity contribution in [2.75, 3.05) is 11.9 Å². The van der Waals surface area contributed by atoms with Crippen LogP contribution < -0.4 is 15.4 Å². The highest BCUT2D eigenvalue weighted by Crippen LogP contribution is 2.23. The number of nitrogens with one attached hydrogen (secondary N) is 2. The van der Waals surface area contributed by atoms with E-state index >= 15 is 0 Å². The summed E-state index contributed by atoms with van der Waals surface area (Å²) in [6, 6.07) is 13.9. The maximum Gasteiger partial charge on any atom is 0.312 e. The van der Waals surface area contributed by atoms with Crippen molar-refractivity contribution in [1.82, 2.24) is 5.32 Å². The lowest BCUT2D eigenvalue weighted by molar-refractivity contribution is -0.159. The normalized spacial score (nSPS) is 18.9. The third kappa shape index (κ3) is 5.95. The number of hydrogen-bond acceptors (Lipinski definition) is 5. The summed E-state index contributed by atoms with van der Waals surface area (Å²) in [5, 5.41) is 6.57. The fraction of sp³-hybridized carbons (Fsp3) is 0.364. The second kappa shape index (κ2) is 8.84. The van der Waals surface area contributed by atoms with E-state index in [2.05, 4.69) is 10.6 Å². The second-order valence-corrected chi connectivity index (χ2v) is 8.45. The summed E-state index contributed by atoms with van der Waals surface area (Å²) in [4.78, 5) is 24.2. The van der Waals surface area contributed by atoms with E-state index in [0.29, 0.717) is 35.0 Å². The van der Waals surface area contributed by atoms with Gasteiger partial charge in [-0.3, -0.25) is 14.9 Å². The third-order valence-corrected chi connectivity index (χ3v) is 4.69. The Bertz CT molecular complexity index is 860. The zero-order valence-electron chi connectivity index (χ0n) is 16.7. The van der Waals surface area contributed by atoms with E-state index in [-0.39, 0.29) is 24.2 Å². The molecule has 3 rings (SSSR count). The summed E-state index contributed by atoms with van der Waals surface area (Å²) in [6.07, 6.45) is 0.142. The fourth-order valence-electron chi connectivity index (χ4n) is 2.77. The Hall–Kier alpha value is -2.57. The lowest BCUT2D eigenvalue weighted by atomic mass is 9.97. The number of carbonyl (C=O) groups is 2. The number of hydrogen-bond donors (Lipinski definition) is 2. The van der Waals surface area contributed by atoms with Crippen molar-refractivity contribution in [3.63, 3.8) is 0 Å². The van der Waals surface area contributed by atoms with E-state index < -0.39 is 5.41 Å². The molecule has 1 amide bonds. The smallest absolute Gasteiger partial charge is 0.312 e. The van der Waals surface area contributed by atoms with Crippen molar-refractivity contribution in [3.05, 3.63) is 59.1 Å². The SMILES string of the molecule is CC(C)(C)C(=O)OC1CC(Oc2ccc(NC(=O)c3ccc(Cl)cc3)cc2)CN1. The largest absolute Gasteiger partial charge is 0.489 e. The molecule has 6 nitrogen and oxygen atoms in total. The van der Waals surface area contributed by atoms with Crippen LogP contribution in [0.3, 0.4) is 0 Å². The molecule has 2 aromatic carbocycles. The van der Waals surface area contributed by atoms with Gasteiger partial charge in [0.1, 0.15) is 11.9 Å². The quantitative estimate of drug-likeness (QED) is 0.712. The molecular formula is C22H25ClN2O4. The highest BCUT2D eigenvalue weighted by molar-refractivity contribution is 6.30. The summed E-state index contributed by atoms with van der Waals surface area (Å²) in [5.74, 6) is 0.236. The number of rotatable bonds is 5. The first-order chi connectivity index (χ1) is 13.7. The van der Waals surface area contributed by atoms with E-state index in [1.165, 1.54) is 0 Å². The number of anilines is 1. The van der Waals surface area contributed by atoms with E-state index in [1.807, 2.05) is 20.8 Å². The van der Waals surface area contributed by atoms with Crippen LogP contribution in [0.2, 0.25) is 5.02 Å². The first kappa shape index (κ1) is 21.1. The van der Waals surface area contributed by atoms with Gasteiger partial charge in [0.05, 0.1) is 5.41 Å². The van der Waals surface area contributed by atoms with Gasteiger partial charge >= 0.3 is 5.97 Å². The third-order valence-electron chi connectivity index (χ3n) is 4.43. The number of carbonyl (C=O) groups excluding carboxylic acids is 2. The van der Waals surface area contributed by atoms with Crippen LogP contribution >= 0.6 is 11.6 Å². The Morgan fingerprint density at radius 2 is 1.72 bits per heavy atom. The fourth-order valence-corrected chi connectivity index (χ4v) is 2.89. The van der Waals surface area contributed by atoms with Crippen LogP contribution in [0.15, 0.2) is 48.5 Å². The second-order valence-electron chi connectivity index (χ2n) is 8.01. The Kier molecular flexibility index (Phi) is 6.45. The van der Waals surface area contributed by atoms with E-state index in [1.54, 1.807) is 48.5 Å². The number of halogens is 1. The highest BCUT2D eigenvalue weighted by atomic mass is 35.5. The van der Waals surface area contributed by atoms with Gasteiger partial charge < -0.3 is 14.8 Å². The molecule has 1 heterocycles. The van der Waals surface area contributed by atoms with Gasteiger partial charge in [-0.2, -0.15) is 0 Å². The van der Waals surface area contributed by atoms with Crippen molar-refractivity contribution >= 4 is 29.2 Å². The number of benzene rings is 2. The van der Waals surface area contributed by atoms with Gasteiger partial charge in [0, 0.05) is 29.2 Å². The zero-order valence-corrected chi connectivity index (χ0v) is 17.5. The van der Waals surface area contributed by atoms with E-state index in [4.69, 9.17) is 21.1 Å². The zero-order chi connectivity index (χ0) is 21.0. The summed E-state index contributed by atoms with van der Waals surface area (Å²) < 4.78 is 11.4. The number of ether oxygens (including phenoxy) is 2. The van der Waals surface area contributed by atoms with Gasteiger partial charge in [0.15, 0.2) is 6.23 Å². The van der Waals surface area contributed by atoms with Gasteiger partial charge in [0.25, 0.3) is 5.91 Å². The van der Waals surface area contributed by atoms with Crippen LogP contribution in [0, 0.1) is 5.41 Å². The van der Waals surface area contributed by atoms with E-state index in [9.17, 15) is 9.59 Å². The van der Waals surface area contributed by atoms with Crippen molar-refractivity contribution < 1.29 is 19.1 Å². The van der Waals surface area contributed by atoms with Crippen LogP contribution in [0.25, 0.3) is 0 Å². The Morgan fingerprint density at radius 3 is 2.34 bits per heavy atom. The number of amides is 1. The molecule has 0 saturated carbocycles. The summed E-state index contributed by atoms with van der Waals surface area (Å²) in [6.45, 7) is 6.07. The molecule has 1 fully saturated rings. The highest BCUT2D eigenvalue weighted by Gasteiger charge is 2.32. The molecule has 154 valence electrons. The average Bonchev–Trinajstić information content (AvgIpc) is 3.10. The first-order valence-electron chi connectivity index (χ1n) is 9.49. The molecule has 0 radical (unpaired) electrons. The minimum Gasteiger partial charge on any atom is -0.489 e. The molecule has 2 atom stereocenters. The van der Waals surface area contributed by atoms with Crippen molar-refractivity contribution in [3.8, 4) is 5.75 Å². The summed E-state index contributed by atoms with van der Waals surface area (Å²) in [5.41, 5.74) is 0.661. The van der Waals surface area contributed by atoms with Crippen LogP contribution in [0.1, 0.15) is 37.6 Å². The minimum atomic E-state index is -0.535.